The molecule has 1 aromatic carbocycles. The molecule has 0 amide bonds. The van der Waals surface area contributed by atoms with E-state index in [0.29, 0.717) is 18.1 Å². The largest absolute Gasteiger partial charge is 0.493 e. The summed E-state index contributed by atoms with van der Waals surface area (Å²) in [5, 5.41) is 38.6. The summed E-state index contributed by atoms with van der Waals surface area (Å²) in [6.07, 6.45) is 7.75. The van der Waals surface area contributed by atoms with Crippen LogP contribution >= 0.6 is 0 Å². The fraction of sp³-hybridized carbons (Fsp3) is 0.520. The minimum Gasteiger partial charge on any atom is -0.493 e. The van der Waals surface area contributed by atoms with E-state index in [1.807, 2.05) is 24.3 Å². The average molecular weight is 417 g/mol. The van der Waals surface area contributed by atoms with E-state index in [1.54, 1.807) is 7.11 Å². The Bertz CT molecular complexity index is 978. The highest BCUT2D eigenvalue weighted by Crippen LogP contribution is 2.55. The number of nitrogens with zero attached hydrogens (tertiary/aromatic N) is 3. The highest BCUT2D eigenvalue weighted by Gasteiger charge is 2.57. The molecule has 0 aromatic heterocycles. The zero-order valence-corrected chi connectivity index (χ0v) is 18.1. The minimum absolute atomic E-state index is 0.117. The van der Waals surface area contributed by atoms with Crippen LogP contribution in [-0.2, 0) is 0 Å². The van der Waals surface area contributed by atoms with Gasteiger partial charge >= 0.3 is 0 Å². The second kappa shape index (κ2) is 9.67. The third-order valence-corrected chi connectivity index (χ3v) is 6.48. The number of nitrogens with one attached hydrogen (secondary N) is 1. The molecule has 3 rings (SSSR count). The van der Waals surface area contributed by atoms with Gasteiger partial charge in [-0.15, -0.1) is 0 Å². The molecule has 0 bridgehead atoms. The normalized spacial score (nSPS) is 24.0. The lowest BCUT2D eigenvalue weighted by Crippen LogP contribution is -2.48. The summed E-state index contributed by atoms with van der Waals surface area (Å²) in [6.45, 7) is 2.73. The fourth-order valence-electron chi connectivity index (χ4n) is 4.92. The Labute approximate surface area is 184 Å². The summed E-state index contributed by atoms with van der Waals surface area (Å²) >= 11 is 0. The lowest BCUT2D eigenvalue weighted by molar-refractivity contribution is 0.284. The van der Waals surface area contributed by atoms with Gasteiger partial charge in [0.2, 0.25) is 0 Å². The van der Waals surface area contributed by atoms with E-state index in [-0.39, 0.29) is 11.6 Å². The maximum Gasteiger partial charge on any atom is 0.189 e. The third-order valence-electron chi connectivity index (χ3n) is 6.48. The Balaban J connectivity index is 2.06. The molecule has 1 aromatic rings. The van der Waals surface area contributed by atoms with Gasteiger partial charge in [-0.05, 0) is 54.9 Å². The van der Waals surface area contributed by atoms with E-state index < -0.39 is 17.3 Å². The maximum absolute atomic E-state index is 10.1. The summed E-state index contributed by atoms with van der Waals surface area (Å²) in [6, 6.07) is 12.0. The van der Waals surface area contributed by atoms with Gasteiger partial charge in [-0.25, -0.2) is 0 Å². The van der Waals surface area contributed by atoms with E-state index in [9.17, 15) is 15.8 Å². The van der Waals surface area contributed by atoms with E-state index in [2.05, 4.69) is 25.1 Å². The first-order chi connectivity index (χ1) is 15.1. The molecule has 1 fully saturated rings. The van der Waals surface area contributed by atoms with Gasteiger partial charge in [-0.3, -0.25) is 0 Å². The molecule has 3 atom stereocenters. The molecule has 31 heavy (non-hydrogen) atoms. The predicted molar refractivity (Wildman–Crippen MR) is 117 cm³/mol. The number of hydrogen-bond acceptors (Lipinski definition) is 6. The Kier molecular flexibility index (Phi) is 6.98. The quantitative estimate of drug-likeness (QED) is 0.480. The lowest BCUT2D eigenvalue weighted by Gasteiger charge is -2.45. The Hall–Kier alpha value is -3.30. The monoisotopic (exact) mass is 416 g/mol. The topological polar surface area (TPSA) is 114 Å². The number of rotatable bonds is 7. The van der Waals surface area contributed by atoms with Gasteiger partial charge in [-0.2, -0.15) is 15.8 Å². The van der Waals surface area contributed by atoms with E-state index >= 15 is 0 Å². The van der Waals surface area contributed by atoms with Crippen molar-refractivity contribution < 1.29 is 9.47 Å². The molecule has 0 radical (unpaired) electrons. The number of methoxy groups -OCH3 is 1. The zero-order chi connectivity index (χ0) is 22.4. The van der Waals surface area contributed by atoms with E-state index in [1.165, 1.54) is 0 Å². The van der Waals surface area contributed by atoms with Crippen molar-refractivity contribution >= 4 is 5.71 Å². The van der Waals surface area contributed by atoms with E-state index in [0.717, 1.165) is 49.7 Å². The summed E-state index contributed by atoms with van der Waals surface area (Å²) in [5.74, 6) is -0.304. The second-order valence-electron chi connectivity index (χ2n) is 8.19. The van der Waals surface area contributed by atoms with Crippen molar-refractivity contribution in [2.75, 3.05) is 13.7 Å². The first-order valence-corrected chi connectivity index (χ1v) is 10.9. The van der Waals surface area contributed by atoms with Crippen LogP contribution in [0.2, 0.25) is 0 Å². The summed E-state index contributed by atoms with van der Waals surface area (Å²) in [7, 11) is 1.57. The number of hydrogen-bond donors (Lipinski definition) is 1. The van der Waals surface area contributed by atoms with Crippen LogP contribution in [0.3, 0.4) is 0 Å². The molecule has 0 aliphatic heterocycles. The summed E-state index contributed by atoms with van der Waals surface area (Å²) in [4.78, 5) is 0. The Morgan fingerprint density at radius 3 is 2.58 bits per heavy atom. The molecule has 0 spiro atoms. The Morgan fingerprint density at radius 2 is 1.94 bits per heavy atom. The first kappa shape index (κ1) is 22.4. The number of fused-ring (bicyclic) bond motifs is 1. The van der Waals surface area contributed by atoms with Crippen molar-refractivity contribution in [1.29, 1.82) is 21.2 Å². The maximum atomic E-state index is 10.1. The number of benzene rings is 1. The molecule has 0 unspecified atom stereocenters. The number of unbranched alkanes of at least 4 members (excludes halogenated alkanes) is 2. The van der Waals surface area contributed by atoms with Gasteiger partial charge < -0.3 is 14.9 Å². The van der Waals surface area contributed by atoms with Gasteiger partial charge in [0, 0.05) is 5.92 Å². The van der Waals surface area contributed by atoms with Crippen LogP contribution in [-0.4, -0.2) is 19.4 Å². The smallest absolute Gasteiger partial charge is 0.189 e. The number of allylic oxidation sites excluding steroid dienone is 2. The van der Waals surface area contributed by atoms with Crippen LogP contribution < -0.4 is 9.47 Å². The molecule has 6 nitrogen and oxygen atoms in total. The zero-order valence-electron chi connectivity index (χ0n) is 18.1. The standard InChI is InChI=1S/C25H28N4O2/c1-3-4-7-12-31-21-11-10-17(13-22(21)30-2)23-19-9-6-5-8-18(19)20(14-26)24(29)25(23,15-27)16-28/h8,10-11,13,19-20,23,29H,3-7,9,12H2,1-2H3/t19-,20-,23+/m1/s1. The second-order valence-corrected chi connectivity index (χ2v) is 8.19. The Morgan fingerprint density at radius 1 is 1.16 bits per heavy atom. The van der Waals surface area contributed by atoms with Crippen LogP contribution in [0.5, 0.6) is 11.5 Å². The van der Waals surface area contributed by atoms with E-state index in [4.69, 9.17) is 14.9 Å². The van der Waals surface area contributed by atoms with Crippen LogP contribution in [0.25, 0.3) is 0 Å². The molecule has 2 aliphatic rings. The third kappa shape index (κ3) is 3.89. The van der Waals surface area contributed by atoms with Crippen LogP contribution in [0, 0.1) is 56.7 Å². The molecule has 6 heteroatoms. The van der Waals surface area contributed by atoms with Gasteiger partial charge in [-0.1, -0.05) is 31.9 Å². The molecular formula is C25H28N4O2. The van der Waals surface area contributed by atoms with Crippen molar-refractivity contribution in [3.63, 3.8) is 0 Å². The molecular weight excluding hydrogens is 388 g/mol. The van der Waals surface area contributed by atoms with Gasteiger partial charge in [0.05, 0.1) is 37.6 Å². The molecule has 0 saturated heterocycles. The van der Waals surface area contributed by atoms with Crippen LogP contribution in [0.15, 0.2) is 29.8 Å². The van der Waals surface area contributed by atoms with Crippen LogP contribution in [0.4, 0.5) is 0 Å². The number of nitriles is 3. The molecule has 0 heterocycles. The van der Waals surface area contributed by atoms with Crippen molar-refractivity contribution in [2.24, 2.45) is 17.3 Å². The molecule has 2 aliphatic carbocycles. The van der Waals surface area contributed by atoms with Gasteiger partial charge in [0.1, 0.15) is 5.92 Å². The molecule has 160 valence electrons. The highest BCUT2D eigenvalue weighted by molar-refractivity contribution is 6.00. The van der Waals surface area contributed by atoms with Crippen LogP contribution in [0.1, 0.15) is 56.9 Å². The lowest BCUT2D eigenvalue weighted by atomic mass is 9.53. The number of ether oxygens (including phenoxy) is 2. The van der Waals surface area contributed by atoms with Crippen molar-refractivity contribution in [3.8, 4) is 29.7 Å². The summed E-state index contributed by atoms with van der Waals surface area (Å²) in [5.41, 5.74) is -0.161. The van der Waals surface area contributed by atoms with Crippen molar-refractivity contribution in [1.82, 2.24) is 0 Å². The summed E-state index contributed by atoms with van der Waals surface area (Å²) < 4.78 is 11.5. The fourth-order valence-corrected chi connectivity index (χ4v) is 4.92. The minimum atomic E-state index is -1.69. The average Bonchev–Trinajstić information content (AvgIpc) is 2.81. The highest BCUT2D eigenvalue weighted by atomic mass is 16.5. The van der Waals surface area contributed by atoms with Gasteiger partial charge in [0.25, 0.3) is 0 Å². The molecule has 1 N–H and O–H groups in total. The van der Waals surface area contributed by atoms with Crippen molar-refractivity contribution in [3.05, 3.63) is 35.4 Å². The van der Waals surface area contributed by atoms with Crippen molar-refractivity contribution in [2.45, 2.75) is 51.4 Å². The SMILES string of the molecule is CCCCCOc1ccc([C@H]2[C@@H]3CCCC=C3[C@@H](C#N)C(=N)C2(C#N)C#N)cc1OC. The molecule has 1 saturated carbocycles. The van der Waals surface area contributed by atoms with Gasteiger partial charge in [0.15, 0.2) is 16.9 Å². The first-order valence-electron chi connectivity index (χ1n) is 10.9. The predicted octanol–water partition coefficient (Wildman–Crippen LogP) is 5.28.